The van der Waals surface area contributed by atoms with E-state index >= 15 is 0 Å². The Bertz CT molecular complexity index is 530. The maximum Gasteiger partial charge on any atom is 0.0253 e. The van der Waals surface area contributed by atoms with Gasteiger partial charge in [-0.1, -0.05) is 79.4 Å². The van der Waals surface area contributed by atoms with E-state index in [1.807, 2.05) is 0 Å². The minimum atomic E-state index is 0.699. The number of unbranched alkanes of at least 4 members (excludes halogenated alkanes) is 2. The lowest BCUT2D eigenvalue weighted by atomic mass is 9.87. The van der Waals surface area contributed by atoms with Gasteiger partial charge in [0.15, 0.2) is 0 Å². The molecule has 0 saturated heterocycles. The Balaban J connectivity index is 2.34. The number of halogens is 1. The number of hydrogen-bond acceptors (Lipinski definition) is 0. The molecule has 0 fully saturated rings. The quantitative estimate of drug-likeness (QED) is 0.521. The van der Waals surface area contributed by atoms with Crippen molar-refractivity contribution >= 4 is 26.7 Å². The highest BCUT2D eigenvalue weighted by Gasteiger charge is 2.12. The fourth-order valence-electron chi connectivity index (χ4n) is 2.87. The molecule has 1 atom stereocenters. The first-order valence-electron chi connectivity index (χ1n) is 7.45. The van der Waals surface area contributed by atoms with Crippen molar-refractivity contribution in [2.24, 2.45) is 0 Å². The van der Waals surface area contributed by atoms with Crippen LogP contribution in [0.4, 0.5) is 0 Å². The van der Waals surface area contributed by atoms with E-state index in [1.165, 1.54) is 52.9 Å². The van der Waals surface area contributed by atoms with Crippen LogP contribution in [0.5, 0.6) is 0 Å². The molecule has 0 N–H and O–H groups in total. The van der Waals surface area contributed by atoms with Gasteiger partial charge in [-0.15, -0.1) is 0 Å². The van der Waals surface area contributed by atoms with Gasteiger partial charge in [-0.05, 0) is 41.2 Å². The lowest BCUT2D eigenvalue weighted by molar-refractivity contribution is 0.556. The third-order valence-electron chi connectivity index (χ3n) is 3.99. The molecule has 1 unspecified atom stereocenters. The molecule has 0 nitrogen and oxygen atoms in total. The Kier molecular flexibility index (Phi) is 5.45. The summed E-state index contributed by atoms with van der Waals surface area (Å²) < 4.78 is 1.20. The molecule has 19 heavy (non-hydrogen) atoms. The molecule has 0 amide bonds. The van der Waals surface area contributed by atoms with Crippen LogP contribution in [0.1, 0.15) is 57.4 Å². The molecule has 0 spiro atoms. The smallest absolute Gasteiger partial charge is 0.0253 e. The van der Waals surface area contributed by atoms with E-state index in [0.717, 1.165) is 0 Å². The fourth-order valence-corrected chi connectivity index (χ4v) is 3.37. The van der Waals surface area contributed by atoms with Crippen LogP contribution in [-0.2, 0) is 0 Å². The van der Waals surface area contributed by atoms with Crippen molar-refractivity contribution in [2.75, 3.05) is 0 Å². The van der Waals surface area contributed by atoms with Crippen molar-refractivity contribution in [1.29, 1.82) is 0 Å². The van der Waals surface area contributed by atoms with E-state index in [1.54, 1.807) is 0 Å². The number of fused-ring (bicyclic) bond motifs is 1. The molecule has 0 radical (unpaired) electrons. The summed E-state index contributed by atoms with van der Waals surface area (Å²) in [5.41, 5.74) is 1.53. The molecule has 0 heterocycles. The molecule has 1 heteroatoms. The highest BCUT2D eigenvalue weighted by atomic mass is 79.9. The first-order valence-corrected chi connectivity index (χ1v) is 8.24. The van der Waals surface area contributed by atoms with E-state index in [9.17, 15) is 0 Å². The van der Waals surface area contributed by atoms with Gasteiger partial charge < -0.3 is 0 Å². The van der Waals surface area contributed by atoms with Crippen molar-refractivity contribution in [3.8, 4) is 0 Å². The molecule has 0 aromatic heterocycles. The molecule has 2 rings (SSSR count). The van der Waals surface area contributed by atoms with Crippen LogP contribution in [0, 0.1) is 0 Å². The van der Waals surface area contributed by atoms with E-state index in [0.29, 0.717) is 5.92 Å². The van der Waals surface area contributed by atoms with E-state index < -0.39 is 0 Å². The highest BCUT2D eigenvalue weighted by molar-refractivity contribution is 9.10. The van der Waals surface area contributed by atoms with Crippen LogP contribution in [0.25, 0.3) is 10.8 Å². The zero-order valence-electron chi connectivity index (χ0n) is 12.0. The van der Waals surface area contributed by atoms with E-state index in [-0.39, 0.29) is 0 Å². The Morgan fingerprint density at radius 1 is 0.947 bits per heavy atom. The monoisotopic (exact) mass is 318 g/mol. The van der Waals surface area contributed by atoms with E-state index in [4.69, 9.17) is 0 Å². The van der Waals surface area contributed by atoms with Gasteiger partial charge in [0, 0.05) is 4.47 Å². The highest BCUT2D eigenvalue weighted by Crippen LogP contribution is 2.34. The largest absolute Gasteiger partial charge is 0.0654 e. The molecule has 0 aliphatic carbocycles. The second-order valence-corrected chi connectivity index (χ2v) is 6.14. The van der Waals surface area contributed by atoms with Gasteiger partial charge in [0.2, 0.25) is 0 Å². The summed E-state index contributed by atoms with van der Waals surface area (Å²) in [5, 5.41) is 2.76. The molecule has 0 saturated carbocycles. The summed E-state index contributed by atoms with van der Waals surface area (Å²) >= 11 is 3.67. The maximum atomic E-state index is 3.67. The van der Waals surface area contributed by atoms with Gasteiger partial charge in [0.1, 0.15) is 0 Å². The van der Waals surface area contributed by atoms with Crippen molar-refractivity contribution in [2.45, 2.75) is 51.9 Å². The lowest BCUT2D eigenvalue weighted by Gasteiger charge is -2.18. The molecular formula is C18H23Br. The van der Waals surface area contributed by atoms with Crippen molar-refractivity contribution < 1.29 is 0 Å². The summed E-state index contributed by atoms with van der Waals surface area (Å²) in [6.45, 7) is 4.59. The summed E-state index contributed by atoms with van der Waals surface area (Å²) in [6, 6.07) is 13.3. The van der Waals surface area contributed by atoms with Crippen LogP contribution >= 0.6 is 15.9 Å². The third kappa shape index (κ3) is 3.39. The minimum Gasteiger partial charge on any atom is -0.0654 e. The molecule has 0 aliphatic heterocycles. The molecule has 2 aromatic carbocycles. The first-order chi connectivity index (χ1) is 9.27. The van der Waals surface area contributed by atoms with Gasteiger partial charge >= 0.3 is 0 Å². The number of hydrogen-bond donors (Lipinski definition) is 0. The van der Waals surface area contributed by atoms with Gasteiger partial charge in [-0.25, -0.2) is 0 Å². The standard InChI is InChI=1S/C18H23Br/c1-3-5-6-9-14(4-2)15-10-7-12-17-16(15)11-8-13-18(17)19/h7-8,10-14H,3-6,9H2,1-2H3. The average Bonchev–Trinajstić information content (AvgIpc) is 2.44. The zero-order chi connectivity index (χ0) is 13.7. The Morgan fingerprint density at radius 2 is 1.68 bits per heavy atom. The van der Waals surface area contributed by atoms with Gasteiger partial charge in [0.25, 0.3) is 0 Å². The third-order valence-corrected chi connectivity index (χ3v) is 4.68. The molecule has 102 valence electrons. The maximum absolute atomic E-state index is 3.67. The van der Waals surface area contributed by atoms with Crippen LogP contribution in [-0.4, -0.2) is 0 Å². The molecule has 0 aliphatic rings. The predicted octanol–water partition coefficient (Wildman–Crippen LogP) is 6.68. The average molecular weight is 319 g/mol. The zero-order valence-corrected chi connectivity index (χ0v) is 13.5. The summed E-state index contributed by atoms with van der Waals surface area (Å²) in [7, 11) is 0. The first kappa shape index (κ1) is 14.6. The summed E-state index contributed by atoms with van der Waals surface area (Å²) in [5.74, 6) is 0.699. The van der Waals surface area contributed by atoms with Crippen LogP contribution < -0.4 is 0 Å². The summed E-state index contributed by atoms with van der Waals surface area (Å²) in [4.78, 5) is 0. The second-order valence-electron chi connectivity index (χ2n) is 5.28. The second kappa shape index (κ2) is 7.09. The van der Waals surface area contributed by atoms with Gasteiger partial charge in [-0.2, -0.15) is 0 Å². The van der Waals surface area contributed by atoms with Crippen LogP contribution in [0.3, 0.4) is 0 Å². The number of rotatable bonds is 6. The van der Waals surface area contributed by atoms with E-state index in [2.05, 4.69) is 66.2 Å². The normalized spacial score (nSPS) is 12.8. The Morgan fingerprint density at radius 3 is 2.42 bits per heavy atom. The Labute approximate surface area is 125 Å². The molecular weight excluding hydrogens is 296 g/mol. The SMILES string of the molecule is CCCCCC(CC)c1cccc2c(Br)cccc12. The summed E-state index contributed by atoms with van der Waals surface area (Å²) in [6.07, 6.45) is 6.55. The van der Waals surface area contributed by atoms with Crippen molar-refractivity contribution in [3.63, 3.8) is 0 Å². The Hall–Kier alpha value is -0.820. The van der Waals surface area contributed by atoms with Crippen LogP contribution in [0.15, 0.2) is 40.9 Å². The topological polar surface area (TPSA) is 0 Å². The van der Waals surface area contributed by atoms with Crippen LogP contribution in [0.2, 0.25) is 0 Å². The van der Waals surface area contributed by atoms with Crippen molar-refractivity contribution in [1.82, 2.24) is 0 Å². The van der Waals surface area contributed by atoms with Gasteiger partial charge in [0.05, 0.1) is 0 Å². The van der Waals surface area contributed by atoms with Gasteiger partial charge in [-0.3, -0.25) is 0 Å². The fraction of sp³-hybridized carbons (Fsp3) is 0.444. The number of benzene rings is 2. The predicted molar refractivity (Wildman–Crippen MR) is 88.8 cm³/mol. The molecule has 0 bridgehead atoms. The molecule has 2 aromatic rings. The lowest BCUT2D eigenvalue weighted by Crippen LogP contribution is -1.99. The van der Waals surface area contributed by atoms with Crippen molar-refractivity contribution in [3.05, 3.63) is 46.4 Å². The minimum absolute atomic E-state index is 0.699.